The summed E-state index contributed by atoms with van der Waals surface area (Å²) < 4.78 is 0. The van der Waals surface area contributed by atoms with Gasteiger partial charge in [-0.25, -0.2) is 0 Å². The number of hydrogen-bond donors (Lipinski definition) is 2. The molecule has 25 heavy (non-hydrogen) atoms. The van der Waals surface area contributed by atoms with Crippen LogP contribution in [-0.4, -0.2) is 17.6 Å². The summed E-state index contributed by atoms with van der Waals surface area (Å²) >= 11 is 1.44. The van der Waals surface area contributed by atoms with Crippen molar-refractivity contribution in [1.29, 1.82) is 0 Å². The van der Waals surface area contributed by atoms with Crippen molar-refractivity contribution in [2.24, 2.45) is 0 Å². The fourth-order valence-electron chi connectivity index (χ4n) is 2.89. The number of rotatable bonds is 4. The fourth-order valence-corrected chi connectivity index (χ4v) is 3.59. The summed E-state index contributed by atoms with van der Waals surface area (Å²) in [5.41, 5.74) is 9.34. The smallest absolute Gasteiger partial charge is 0.269 e. The molecule has 2 aromatic rings. The lowest BCUT2D eigenvalue weighted by Gasteiger charge is -2.16. The van der Waals surface area contributed by atoms with Crippen LogP contribution < -0.4 is 10.9 Å². The quantitative estimate of drug-likeness (QED) is 0.653. The zero-order chi connectivity index (χ0) is 17.6. The second-order valence-corrected chi connectivity index (χ2v) is 7.34. The van der Waals surface area contributed by atoms with Crippen LogP contribution in [-0.2, 0) is 17.6 Å². The van der Waals surface area contributed by atoms with Gasteiger partial charge in [0, 0.05) is 10.5 Å². The van der Waals surface area contributed by atoms with E-state index in [2.05, 4.69) is 10.9 Å². The normalized spacial score (nSPS) is 13.0. The van der Waals surface area contributed by atoms with Crippen LogP contribution in [0.4, 0.5) is 0 Å². The highest BCUT2D eigenvalue weighted by Crippen LogP contribution is 2.22. The Hall–Kier alpha value is -2.27. The first-order chi connectivity index (χ1) is 12.1. The molecule has 0 bridgehead atoms. The predicted octanol–water partition coefficient (Wildman–Crippen LogP) is 3.43. The SMILES string of the molecule is Cc1ccc(SCC(=O)NNC(=O)c2ccc3c(c2)CCCC3)cc1. The van der Waals surface area contributed by atoms with Gasteiger partial charge in [-0.15, -0.1) is 11.8 Å². The molecule has 0 saturated carbocycles. The first-order valence-electron chi connectivity index (χ1n) is 8.52. The minimum Gasteiger partial charge on any atom is -0.272 e. The zero-order valence-electron chi connectivity index (χ0n) is 14.3. The van der Waals surface area contributed by atoms with Crippen molar-refractivity contribution in [2.75, 3.05) is 5.75 Å². The number of fused-ring (bicyclic) bond motifs is 1. The number of nitrogens with one attached hydrogen (secondary N) is 2. The first-order valence-corrected chi connectivity index (χ1v) is 9.51. The topological polar surface area (TPSA) is 58.2 Å². The molecule has 1 aliphatic carbocycles. The molecule has 0 saturated heterocycles. The van der Waals surface area contributed by atoms with Crippen molar-refractivity contribution in [1.82, 2.24) is 10.9 Å². The third-order valence-electron chi connectivity index (χ3n) is 4.32. The van der Waals surface area contributed by atoms with Gasteiger partial charge in [0.15, 0.2) is 0 Å². The van der Waals surface area contributed by atoms with Gasteiger partial charge in [0.1, 0.15) is 0 Å². The van der Waals surface area contributed by atoms with Crippen molar-refractivity contribution < 1.29 is 9.59 Å². The molecule has 1 aliphatic rings. The van der Waals surface area contributed by atoms with Gasteiger partial charge in [-0.1, -0.05) is 23.8 Å². The van der Waals surface area contributed by atoms with Crippen molar-refractivity contribution >= 4 is 23.6 Å². The molecule has 0 heterocycles. The number of hydrogen-bond acceptors (Lipinski definition) is 3. The molecule has 0 aliphatic heterocycles. The largest absolute Gasteiger partial charge is 0.272 e. The Morgan fingerprint density at radius 1 is 0.960 bits per heavy atom. The van der Waals surface area contributed by atoms with Gasteiger partial charge in [0.05, 0.1) is 5.75 Å². The molecule has 2 aromatic carbocycles. The minimum absolute atomic E-state index is 0.225. The van der Waals surface area contributed by atoms with E-state index in [0.29, 0.717) is 5.56 Å². The Kier molecular flexibility index (Phi) is 5.76. The Labute approximate surface area is 152 Å². The van der Waals surface area contributed by atoms with Gasteiger partial charge in [-0.05, 0) is 68.0 Å². The molecule has 0 radical (unpaired) electrons. The van der Waals surface area contributed by atoms with E-state index < -0.39 is 0 Å². The maximum absolute atomic E-state index is 12.2. The van der Waals surface area contributed by atoms with Crippen molar-refractivity contribution in [3.05, 3.63) is 64.7 Å². The van der Waals surface area contributed by atoms with E-state index >= 15 is 0 Å². The number of aryl methyl sites for hydroxylation is 3. The Morgan fingerprint density at radius 2 is 1.68 bits per heavy atom. The number of carbonyl (C=O) groups is 2. The molecule has 4 nitrogen and oxygen atoms in total. The lowest BCUT2D eigenvalue weighted by Crippen LogP contribution is -2.42. The van der Waals surface area contributed by atoms with Gasteiger partial charge in [0.2, 0.25) is 5.91 Å². The summed E-state index contributed by atoms with van der Waals surface area (Å²) in [5, 5.41) is 0. The standard InChI is InChI=1S/C20H22N2O2S/c1-14-6-10-18(11-7-14)25-13-19(23)21-22-20(24)17-9-8-15-4-2-3-5-16(15)12-17/h6-12H,2-5,13H2,1H3,(H,21,23)(H,22,24). The van der Waals surface area contributed by atoms with Crippen LogP contribution in [0.3, 0.4) is 0 Å². The van der Waals surface area contributed by atoms with Crippen LogP contribution >= 0.6 is 11.8 Å². The molecule has 0 aromatic heterocycles. The van der Waals surface area contributed by atoms with E-state index in [1.165, 1.54) is 41.3 Å². The minimum atomic E-state index is -0.276. The summed E-state index contributed by atoms with van der Waals surface area (Å²) in [4.78, 5) is 25.1. The predicted molar refractivity (Wildman–Crippen MR) is 101 cm³/mol. The molecule has 0 fully saturated rings. The monoisotopic (exact) mass is 354 g/mol. The molecule has 5 heteroatoms. The summed E-state index contributed by atoms with van der Waals surface area (Å²) in [7, 11) is 0. The number of benzene rings is 2. The summed E-state index contributed by atoms with van der Waals surface area (Å²) in [5.74, 6) is -0.244. The van der Waals surface area contributed by atoms with Gasteiger partial charge >= 0.3 is 0 Å². The highest BCUT2D eigenvalue weighted by atomic mass is 32.2. The molecule has 130 valence electrons. The van der Waals surface area contributed by atoms with Crippen LogP contribution in [0.2, 0.25) is 0 Å². The van der Waals surface area contributed by atoms with Crippen molar-refractivity contribution in [2.45, 2.75) is 37.5 Å². The Morgan fingerprint density at radius 3 is 2.44 bits per heavy atom. The summed E-state index contributed by atoms with van der Waals surface area (Å²) in [6.45, 7) is 2.03. The molecule has 2 amide bonds. The van der Waals surface area contributed by atoms with Crippen LogP contribution in [0.25, 0.3) is 0 Å². The lowest BCUT2D eigenvalue weighted by molar-refractivity contribution is -0.119. The van der Waals surface area contributed by atoms with E-state index in [9.17, 15) is 9.59 Å². The van der Waals surface area contributed by atoms with Gasteiger partial charge in [-0.3, -0.25) is 20.4 Å². The lowest BCUT2D eigenvalue weighted by atomic mass is 9.90. The van der Waals surface area contributed by atoms with Gasteiger partial charge in [-0.2, -0.15) is 0 Å². The van der Waals surface area contributed by atoms with Gasteiger partial charge < -0.3 is 0 Å². The second-order valence-electron chi connectivity index (χ2n) is 6.29. The Bertz CT molecular complexity index is 772. The maximum Gasteiger partial charge on any atom is 0.269 e. The molecular formula is C20H22N2O2S. The van der Waals surface area contributed by atoms with Crippen molar-refractivity contribution in [3.63, 3.8) is 0 Å². The zero-order valence-corrected chi connectivity index (χ0v) is 15.1. The highest BCUT2D eigenvalue weighted by Gasteiger charge is 2.13. The third-order valence-corrected chi connectivity index (χ3v) is 5.33. The molecule has 0 unspecified atom stereocenters. The Balaban J connectivity index is 1.48. The number of hydrazine groups is 1. The second kappa shape index (κ2) is 8.21. The fraction of sp³-hybridized carbons (Fsp3) is 0.300. The summed E-state index contributed by atoms with van der Waals surface area (Å²) in [6, 6.07) is 13.8. The molecule has 3 rings (SSSR count). The molecule has 2 N–H and O–H groups in total. The number of carbonyl (C=O) groups excluding carboxylic acids is 2. The van der Waals surface area contributed by atoms with Crippen LogP contribution in [0.1, 0.15) is 39.9 Å². The molecule has 0 spiro atoms. The van der Waals surface area contributed by atoms with Crippen LogP contribution in [0.15, 0.2) is 47.4 Å². The first kappa shape index (κ1) is 17.5. The van der Waals surface area contributed by atoms with E-state index in [4.69, 9.17) is 0 Å². The summed E-state index contributed by atoms with van der Waals surface area (Å²) in [6.07, 6.45) is 4.50. The van der Waals surface area contributed by atoms with Gasteiger partial charge in [0.25, 0.3) is 5.91 Å². The average Bonchev–Trinajstić information content (AvgIpc) is 2.65. The van der Waals surface area contributed by atoms with Crippen molar-refractivity contribution in [3.8, 4) is 0 Å². The highest BCUT2D eigenvalue weighted by molar-refractivity contribution is 8.00. The molecular weight excluding hydrogens is 332 g/mol. The number of amides is 2. The maximum atomic E-state index is 12.2. The van der Waals surface area contributed by atoms with E-state index in [0.717, 1.165) is 17.7 Å². The van der Waals surface area contributed by atoms with E-state index in [1.807, 2.05) is 49.4 Å². The molecule has 0 atom stereocenters. The van der Waals surface area contributed by atoms with Crippen LogP contribution in [0, 0.1) is 6.92 Å². The number of thioether (sulfide) groups is 1. The average molecular weight is 354 g/mol. The third kappa shape index (κ3) is 4.86. The van der Waals surface area contributed by atoms with E-state index in [-0.39, 0.29) is 17.6 Å². The van der Waals surface area contributed by atoms with E-state index in [1.54, 1.807) is 0 Å². The van der Waals surface area contributed by atoms with Crippen LogP contribution in [0.5, 0.6) is 0 Å².